The van der Waals surface area contributed by atoms with Gasteiger partial charge in [0.1, 0.15) is 5.82 Å². The molecule has 2 aromatic rings. The molecule has 6 heteroatoms. The Bertz CT molecular complexity index is 797. The lowest BCUT2D eigenvalue weighted by molar-refractivity contribution is 0.370. The fourth-order valence-corrected chi connectivity index (χ4v) is 3.60. The zero-order valence-electron chi connectivity index (χ0n) is 17.0. The number of benzene rings is 2. The molecule has 3 rings (SSSR count). The van der Waals surface area contributed by atoms with E-state index in [4.69, 9.17) is 0 Å². The quantitative estimate of drug-likeness (QED) is 0.636. The van der Waals surface area contributed by atoms with Crippen molar-refractivity contribution in [3.8, 4) is 0 Å². The fraction of sp³-hybridized carbons (Fsp3) is 0.409. The molecule has 1 heterocycles. The van der Waals surface area contributed by atoms with Crippen LogP contribution in [0, 0.1) is 5.82 Å². The first-order valence-corrected chi connectivity index (χ1v) is 9.75. The highest BCUT2D eigenvalue weighted by Crippen LogP contribution is 2.20. The van der Waals surface area contributed by atoms with Crippen LogP contribution >= 0.6 is 0 Å². The van der Waals surface area contributed by atoms with Gasteiger partial charge in [-0.25, -0.2) is 4.39 Å². The first kappa shape index (κ1) is 20.1. The average molecular weight is 384 g/mol. The zero-order valence-corrected chi connectivity index (χ0v) is 17.0. The molecule has 1 aliphatic rings. The van der Waals surface area contributed by atoms with Gasteiger partial charge in [0.2, 0.25) is 0 Å². The maximum absolute atomic E-state index is 14.0. The summed E-state index contributed by atoms with van der Waals surface area (Å²) in [4.78, 5) is 11.0. The van der Waals surface area contributed by atoms with Crippen molar-refractivity contribution in [1.29, 1.82) is 0 Å². The standard InChI is InChI=1S/C22H30FN5/c1-24-22(25-16-18-8-4-5-9-19(18)17-26(2)3)28-14-12-27(13-15-28)21-11-7-6-10-20(21)23/h4-11H,12-17H2,1-3H3,(H,24,25). The Balaban J connectivity index is 1.58. The van der Waals surface area contributed by atoms with E-state index in [0.29, 0.717) is 5.69 Å². The molecular formula is C22H30FN5. The van der Waals surface area contributed by atoms with Gasteiger partial charge in [0.25, 0.3) is 0 Å². The molecule has 1 fully saturated rings. The van der Waals surface area contributed by atoms with Gasteiger partial charge in [0.15, 0.2) is 5.96 Å². The van der Waals surface area contributed by atoms with E-state index in [2.05, 4.69) is 63.4 Å². The molecule has 0 saturated carbocycles. The summed E-state index contributed by atoms with van der Waals surface area (Å²) in [7, 11) is 5.98. The van der Waals surface area contributed by atoms with E-state index in [0.717, 1.165) is 45.2 Å². The number of anilines is 1. The Morgan fingerprint density at radius 2 is 1.64 bits per heavy atom. The normalized spacial score (nSPS) is 15.2. The summed E-state index contributed by atoms with van der Waals surface area (Å²) < 4.78 is 14.0. The van der Waals surface area contributed by atoms with Gasteiger partial charge in [0.05, 0.1) is 5.69 Å². The molecule has 0 aliphatic carbocycles. The second-order valence-electron chi connectivity index (χ2n) is 7.33. The predicted octanol–water partition coefficient (Wildman–Crippen LogP) is 2.78. The molecular weight excluding hydrogens is 353 g/mol. The first-order valence-electron chi connectivity index (χ1n) is 9.75. The number of nitrogens with one attached hydrogen (secondary N) is 1. The topological polar surface area (TPSA) is 34.1 Å². The number of rotatable bonds is 5. The van der Waals surface area contributed by atoms with Crippen LogP contribution in [0.3, 0.4) is 0 Å². The van der Waals surface area contributed by atoms with Gasteiger partial charge in [-0.05, 0) is 37.4 Å². The van der Waals surface area contributed by atoms with Crippen molar-refractivity contribution >= 4 is 11.6 Å². The molecule has 150 valence electrons. The van der Waals surface area contributed by atoms with Gasteiger partial charge in [-0.15, -0.1) is 0 Å². The molecule has 0 aromatic heterocycles. The molecule has 0 spiro atoms. The highest BCUT2D eigenvalue weighted by molar-refractivity contribution is 5.80. The summed E-state index contributed by atoms with van der Waals surface area (Å²) in [6.45, 7) is 4.83. The second-order valence-corrected chi connectivity index (χ2v) is 7.33. The largest absolute Gasteiger partial charge is 0.366 e. The van der Waals surface area contributed by atoms with Crippen molar-refractivity contribution in [2.75, 3.05) is 52.2 Å². The fourth-order valence-electron chi connectivity index (χ4n) is 3.60. The minimum absolute atomic E-state index is 0.157. The SMILES string of the molecule is CN=C(NCc1ccccc1CN(C)C)N1CCN(c2ccccc2F)CC1. The molecule has 1 aliphatic heterocycles. The third-order valence-corrected chi connectivity index (χ3v) is 5.03. The Labute approximate surface area is 167 Å². The lowest BCUT2D eigenvalue weighted by atomic mass is 10.1. The highest BCUT2D eigenvalue weighted by atomic mass is 19.1. The number of piperazine rings is 1. The van der Waals surface area contributed by atoms with Crippen molar-refractivity contribution in [1.82, 2.24) is 15.1 Å². The number of para-hydroxylation sites is 1. The van der Waals surface area contributed by atoms with Crippen LogP contribution < -0.4 is 10.2 Å². The Morgan fingerprint density at radius 3 is 2.29 bits per heavy atom. The molecule has 0 radical (unpaired) electrons. The van der Waals surface area contributed by atoms with E-state index >= 15 is 0 Å². The molecule has 1 N–H and O–H groups in total. The van der Waals surface area contributed by atoms with Crippen molar-refractivity contribution < 1.29 is 4.39 Å². The number of nitrogens with zero attached hydrogens (tertiary/aromatic N) is 4. The lowest BCUT2D eigenvalue weighted by Crippen LogP contribution is -2.52. The average Bonchev–Trinajstić information content (AvgIpc) is 2.70. The first-order chi connectivity index (χ1) is 13.6. The van der Waals surface area contributed by atoms with Crippen LogP contribution in [-0.4, -0.2) is 63.1 Å². The van der Waals surface area contributed by atoms with E-state index in [1.807, 2.05) is 19.2 Å². The minimum atomic E-state index is -0.157. The van der Waals surface area contributed by atoms with Gasteiger partial charge in [0, 0.05) is 46.3 Å². The van der Waals surface area contributed by atoms with Gasteiger partial charge >= 0.3 is 0 Å². The van der Waals surface area contributed by atoms with Crippen LogP contribution in [0.15, 0.2) is 53.5 Å². The van der Waals surface area contributed by atoms with E-state index in [9.17, 15) is 4.39 Å². The second kappa shape index (κ2) is 9.55. The summed E-state index contributed by atoms with van der Waals surface area (Å²) in [5, 5.41) is 3.50. The van der Waals surface area contributed by atoms with Crippen molar-refractivity contribution in [2.45, 2.75) is 13.1 Å². The van der Waals surface area contributed by atoms with Gasteiger partial charge < -0.3 is 20.0 Å². The van der Waals surface area contributed by atoms with Gasteiger partial charge in [-0.2, -0.15) is 0 Å². The summed E-state index contributed by atoms with van der Waals surface area (Å²) in [5.41, 5.74) is 3.28. The van der Waals surface area contributed by atoms with Crippen LogP contribution in [-0.2, 0) is 13.1 Å². The Hall–Kier alpha value is -2.60. The number of hydrogen-bond acceptors (Lipinski definition) is 3. The maximum atomic E-state index is 14.0. The van der Waals surface area contributed by atoms with Crippen molar-refractivity contribution in [2.24, 2.45) is 4.99 Å². The zero-order chi connectivity index (χ0) is 19.9. The predicted molar refractivity (Wildman–Crippen MR) is 114 cm³/mol. The van der Waals surface area contributed by atoms with Crippen LogP contribution in [0.5, 0.6) is 0 Å². The molecule has 0 amide bonds. The number of aliphatic imine (C=N–C) groups is 1. The van der Waals surface area contributed by atoms with Gasteiger partial charge in [-0.3, -0.25) is 4.99 Å². The highest BCUT2D eigenvalue weighted by Gasteiger charge is 2.21. The molecule has 0 atom stereocenters. The molecule has 5 nitrogen and oxygen atoms in total. The molecule has 2 aromatic carbocycles. The summed E-state index contributed by atoms with van der Waals surface area (Å²) in [5.74, 6) is 0.740. The Morgan fingerprint density at radius 1 is 1.00 bits per heavy atom. The third-order valence-electron chi connectivity index (χ3n) is 5.03. The molecule has 0 bridgehead atoms. The van der Waals surface area contributed by atoms with E-state index in [-0.39, 0.29) is 5.82 Å². The summed E-state index contributed by atoms with van der Waals surface area (Å²) in [6, 6.07) is 15.5. The summed E-state index contributed by atoms with van der Waals surface area (Å²) in [6.07, 6.45) is 0. The molecule has 28 heavy (non-hydrogen) atoms. The summed E-state index contributed by atoms with van der Waals surface area (Å²) >= 11 is 0. The third kappa shape index (κ3) is 5.01. The molecule has 0 unspecified atom stereocenters. The van der Waals surface area contributed by atoms with Crippen molar-refractivity contribution in [3.63, 3.8) is 0 Å². The smallest absolute Gasteiger partial charge is 0.194 e. The van der Waals surface area contributed by atoms with Crippen LogP contribution in [0.2, 0.25) is 0 Å². The lowest BCUT2D eigenvalue weighted by Gasteiger charge is -2.37. The van der Waals surface area contributed by atoms with Gasteiger partial charge in [-0.1, -0.05) is 36.4 Å². The van der Waals surface area contributed by atoms with Crippen LogP contribution in [0.1, 0.15) is 11.1 Å². The van der Waals surface area contributed by atoms with Crippen LogP contribution in [0.25, 0.3) is 0 Å². The van der Waals surface area contributed by atoms with E-state index in [1.54, 1.807) is 6.07 Å². The monoisotopic (exact) mass is 383 g/mol. The number of hydrogen-bond donors (Lipinski definition) is 1. The maximum Gasteiger partial charge on any atom is 0.194 e. The van der Waals surface area contributed by atoms with E-state index in [1.165, 1.54) is 17.2 Å². The Kier molecular flexibility index (Phi) is 6.87. The van der Waals surface area contributed by atoms with E-state index < -0.39 is 0 Å². The molecule has 1 saturated heterocycles. The van der Waals surface area contributed by atoms with Crippen LogP contribution in [0.4, 0.5) is 10.1 Å². The number of halogens is 1. The minimum Gasteiger partial charge on any atom is -0.366 e. The van der Waals surface area contributed by atoms with Crippen molar-refractivity contribution in [3.05, 3.63) is 65.5 Å². The number of guanidine groups is 1.